The smallest absolute Gasteiger partial charge is 0.482 e. The lowest BCUT2D eigenvalue weighted by Gasteiger charge is -2.36. The first-order valence-corrected chi connectivity index (χ1v) is 11.2. The minimum absolute atomic E-state index is 0.0817. The van der Waals surface area contributed by atoms with Gasteiger partial charge in [0.25, 0.3) is 0 Å². The number of hydrogen-bond donors (Lipinski definition) is 1. The summed E-state index contributed by atoms with van der Waals surface area (Å²) in [5.41, 5.74) is 4.55. The molecule has 3 aromatic carbocycles. The van der Waals surface area contributed by atoms with Crippen LogP contribution < -0.4 is 4.74 Å². The molecule has 0 fully saturated rings. The number of ether oxygens (including phenoxy) is 2. The Morgan fingerprint density at radius 1 is 1.06 bits per heavy atom. The topological polar surface area (TPSA) is 85.3 Å². The van der Waals surface area contributed by atoms with Gasteiger partial charge in [-0.25, -0.2) is 9.59 Å². The molecule has 1 unspecified atom stereocenters. The highest BCUT2D eigenvalue weighted by molar-refractivity contribution is 6.30. The zero-order chi connectivity index (χ0) is 24.1. The molecular weight excluding hydrogens is 458 g/mol. The number of benzene rings is 3. The van der Waals surface area contributed by atoms with Crippen molar-refractivity contribution in [1.82, 2.24) is 5.06 Å². The first-order chi connectivity index (χ1) is 16.4. The van der Waals surface area contributed by atoms with E-state index in [-0.39, 0.29) is 6.61 Å². The van der Waals surface area contributed by atoms with Gasteiger partial charge in [-0.05, 0) is 48.2 Å². The number of nitrogens with zero attached hydrogens (tertiary/aromatic N) is 1. The Kier molecular flexibility index (Phi) is 7.35. The zero-order valence-corrected chi connectivity index (χ0v) is 19.3. The number of carbonyl (C=O) groups excluding carboxylic acids is 1. The Hall–Kier alpha value is -3.55. The van der Waals surface area contributed by atoms with Crippen LogP contribution in [0.15, 0.2) is 66.7 Å². The Morgan fingerprint density at radius 3 is 2.59 bits per heavy atom. The molecule has 176 valence electrons. The zero-order valence-electron chi connectivity index (χ0n) is 18.6. The minimum Gasteiger partial charge on any atom is -0.482 e. The van der Waals surface area contributed by atoms with Crippen molar-refractivity contribution in [3.05, 3.63) is 99.6 Å². The highest BCUT2D eigenvalue weighted by atomic mass is 35.5. The van der Waals surface area contributed by atoms with Crippen molar-refractivity contribution >= 4 is 23.7 Å². The lowest BCUT2D eigenvalue weighted by Crippen LogP contribution is -2.38. The van der Waals surface area contributed by atoms with E-state index in [9.17, 15) is 9.59 Å². The molecule has 1 N–H and O–H groups in total. The summed E-state index contributed by atoms with van der Waals surface area (Å²) < 4.78 is 10.9. The minimum atomic E-state index is -1.10. The highest BCUT2D eigenvalue weighted by Crippen LogP contribution is 2.40. The lowest BCUT2D eigenvalue weighted by atomic mass is 9.89. The maximum atomic E-state index is 12.6. The molecule has 34 heavy (non-hydrogen) atoms. The van der Waals surface area contributed by atoms with Crippen molar-refractivity contribution in [2.24, 2.45) is 0 Å². The third-order valence-corrected chi connectivity index (χ3v) is 5.76. The molecule has 1 aliphatic rings. The summed E-state index contributed by atoms with van der Waals surface area (Å²) in [7, 11) is 0. The second-order valence-electron chi connectivity index (χ2n) is 7.97. The molecule has 4 rings (SSSR count). The van der Waals surface area contributed by atoms with E-state index in [0.717, 1.165) is 22.3 Å². The molecule has 0 spiro atoms. The largest absolute Gasteiger partial charge is 0.528 e. The Labute approximate surface area is 202 Å². The number of aryl methyl sites for hydroxylation is 1. The van der Waals surface area contributed by atoms with Crippen molar-refractivity contribution < 1.29 is 29.0 Å². The van der Waals surface area contributed by atoms with E-state index in [1.54, 1.807) is 18.2 Å². The second-order valence-corrected chi connectivity index (χ2v) is 8.41. The van der Waals surface area contributed by atoms with Crippen molar-refractivity contribution in [3.63, 3.8) is 0 Å². The van der Waals surface area contributed by atoms with E-state index in [1.165, 1.54) is 5.06 Å². The highest BCUT2D eigenvalue weighted by Gasteiger charge is 2.34. The number of aliphatic carboxylic acids is 1. The maximum absolute atomic E-state index is 12.6. The molecule has 0 saturated carbocycles. The van der Waals surface area contributed by atoms with Crippen LogP contribution in [0.1, 0.15) is 33.9 Å². The van der Waals surface area contributed by atoms with Gasteiger partial charge in [-0.15, -0.1) is 5.06 Å². The third-order valence-electron chi connectivity index (χ3n) is 5.53. The number of halogens is 1. The van der Waals surface area contributed by atoms with Crippen LogP contribution in [-0.2, 0) is 27.4 Å². The van der Waals surface area contributed by atoms with Gasteiger partial charge in [0, 0.05) is 17.1 Å². The predicted octanol–water partition coefficient (Wildman–Crippen LogP) is 5.33. The number of carboxylic acid groups (broad SMARTS) is 1. The molecule has 0 bridgehead atoms. The number of carbonyl (C=O) groups is 2. The van der Waals surface area contributed by atoms with Crippen LogP contribution >= 0.6 is 11.6 Å². The lowest BCUT2D eigenvalue weighted by molar-refractivity contribution is -0.152. The van der Waals surface area contributed by atoms with Crippen LogP contribution in [0, 0.1) is 6.92 Å². The van der Waals surface area contributed by atoms with Crippen molar-refractivity contribution in [1.29, 1.82) is 0 Å². The average molecular weight is 482 g/mol. The van der Waals surface area contributed by atoms with Crippen LogP contribution in [0.4, 0.5) is 4.79 Å². The molecule has 3 aromatic rings. The number of rotatable bonds is 7. The number of hydrogen-bond acceptors (Lipinski definition) is 6. The molecular formula is C26H24ClNO6. The molecule has 8 heteroatoms. The standard InChI is InChI=1S/C26H24ClNO6/c1-17-6-8-18(9-7-17)15-33-26(31)34-28-13-12-19-4-2-3-5-21(19)25(28)22-14-20(27)10-11-23(22)32-16-24(29)30/h2-11,14,25H,12-13,15-16H2,1H3,(H,29,30). The Bertz CT molecular complexity index is 1180. The Balaban J connectivity index is 1.60. The summed E-state index contributed by atoms with van der Waals surface area (Å²) in [6.07, 6.45) is -0.177. The normalized spacial score (nSPS) is 15.3. The van der Waals surface area contributed by atoms with Gasteiger partial charge >= 0.3 is 12.1 Å². The molecule has 1 heterocycles. The second kappa shape index (κ2) is 10.6. The number of carboxylic acids is 1. The monoisotopic (exact) mass is 481 g/mol. The van der Waals surface area contributed by atoms with Gasteiger partial charge in [-0.1, -0.05) is 65.7 Å². The van der Waals surface area contributed by atoms with Gasteiger partial charge in [0.05, 0.1) is 6.04 Å². The molecule has 0 aliphatic carbocycles. The fourth-order valence-electron chi connectivity index (χ4n) is 3.92. The van der Waals surface area contributed by atoms with E-state index >= 15 is 0 Å². The molecule has 0 saturated heterocycles. The van der Waals surface area contributed by atoms with Gasteiger partial charge in [-0.3, -0.25) is 0 Å². The number of hydroxylamine groups is 2. The SMILES string of the molecule is Cc1ccc(COC(=O)ON2CCc3ccccc3C2c2cc(Cl)ccc2OCC(=O)O)cc1. The van der Waals surface area contributed by atoms with Crippen LogP contribution in [0.5, 0.6) is 5.75 Å². The molecule has 0 amide bonds. The van der Waals surface area contributed by atoms with Gasteiger partial charge in [-0.2, -0.15) is 0 Å². The summed E-state index contributed by atoms with van der Waals surface area (Å²) in [6.45, 7) is 1.96. The summed E-state index contributed by atoms with van der Waals surface area (Å²) in [5, 5.41) is 11.1. The van der Waals surface area contributed by atoms with E-state index in [4.69, 9.17) is 31.0 Å². The summed E-state index contributed by atoms with van der Waals surface area (Å²) in [4.78, 5) is 29.3. The first-order valence-electron chi connectivity index (χ1n) is 10.8. The van der Waals surface area contributed by atoms with Gasteiger partial charge in [0.2, 0.25) is 0 Å². The predicted molar refractivity (Wildman–Crippen MR) is 126 cm³/mol. The average Bonchev–Trinajstić information content (AvgIpc) is 2.82. The van der Waals surface area contributed by atoms with E-state index in [1.807, 2.05) is 55.5 Å². The maximum Gasteiger partial charge on any atom is 0.528 e. The van der Waals surface area contributed by atoms with Crippen molar-refractivity contribution in [2.45, 2.75) is 26.0 Å². The fourth-order valence-corrected chi connectivity index (χ4v) is 4.10. The van der Waals surface area contributed by atoms with E-state index < -0.39 is 24.8 Å². The first kappa shape index (κ1) is 23.6. The summed E-state index contributed by atoms with van der Waals surface area (Å²) in [5.74, 6) is -0.757. The summed E-state index contributed by atoms with van der Waals surface area (Å²) >= 11 is 6.29. The van der Waals surface area contributed by atoms with Crippen LogP contribution in [0.25, 0.3) is 0 Å². The third kappa shape index (κ3) is 5.68. The Morgan fingerprint density at radius 2 is 1.82 bits per heavy atom. The van der Waals surface area contributed by atoms with E-state index in [0.29, 0.717) is 29.3 Å². The quantitative estimate of drug-likeness (QED) is 0.456. The van der Waals surface area contributed by atoms with Crippen LogP contribution in [0.3, 0.4) is 0 Å². The summed E-state index contributed by atoms with van der Waals surface area (Å²) in [6, 6.07) is 19.8. The molecule has 7 nitrogen and oxygen atoms in total. The van der Waals surface area contributed by atoms with Crippen LogP contribution in [-0.4, -0.2) is 35.4 Å². The van der Waals surface area contributed by atoms with Gasteiger partial charge in [0.1, 0.15) is 12.4 Å². The molecule has 1 atom stereocenters. The molecule has 1 aliphatic heterocycles. The number of fused-ring (bicyclic) bond motifs is 1. The van der Waals surface area contributed by atoms with Gasteiger partial charge in [0.15, 0.2) is 6.61 Å². The van der Waals surface area contributed by atoms with Crippen molar-refractivity contribution in [2.75, 3.05) is 13.2 Å². The fraction of sp³-hybridized carbons (Fsp3) is 0.231. The molecule has 0 aromatic heterocycles. The van der Waals surface area contributed by atoms with Crippen LogP contribution in [0.2, 0.25) is 5.02 Å². The van der Waals surface area contributed by atoms with Gasteiger partial charge < -0.3 is 19.4 Å². The molecule has 0 radical (unpaired) electrons. The van der Waals surface area contributed by atoms with E-state index in [2.05, 4.69) is 0 Å². The van der Waals surface area contributed by atoms with Crippen molar-refractivity contribution in [3.8, 4) is 5.75 Å².